The number of nitro benzene ring substituents is 1. The number of aromatic nitrogens is 2. The second kappa shape index (κ2) is 20.7. The number of hydrogen-bond donors (Lipinski definition) is 2. The van der Waals surface area contributed by atoms with Crippen molar-refractivity contribution in [2.75, 3.05) is 55.8 Å². The fourth-order valence-corrected chi connectivity index (χ4v) is 10.8. The summed E-state index contributed by atoms with van der Waals surface area (Å²) in [5.41, 5.74) is 0.604. The first-order valence-corrected chi connectivity index (χ1v) is 23.8. The Morgan fingerprint density at radius 2 is 1.49 bits per heavy atom. The maximum atomic E-state index is 16.7. The van der Waals surface area contributed by atoms with Crippen LogP contribution in [0.3, 0.4) is 0 Å². The van der Waals surface area contributed by atoms with E-state index < -0.39 is 64.4 Å². The number of amides is 3. The van der Waals surface area contributed by atoms with E-state index in [2.05, 4.69) is 21.8 Å². The number of ether oxygens (including phenoxy) is 3. The summed E-state index contributed by atoms with van der Waals surface area (Å²) in [6, 6.07) is 34.0. The summed E-state index contributed by atoms with van der Waals surface area (Å²) < 4.78 is 18.5. The molecule has 0 unspecified atom stereocenters. The number of nitro groups is 1. The molecular weight excluding hydrogens is 935 g/mol. The number of rotatable bonds is 12. The Labute approximate surface area is 419 Å². The molecular formula is C55H49N7O11. The second-order valence-electron chi connectivity index (χ2n) is 17.9. The molecule has 5 aromatic carbocycles. The van der Waals surface area contributed by atoms with Gasteiger partial charge in [-0.2, -0.15) is 0 Å². The lowest BCUT2D eigenvalue weighted by atomic mass is 9.64. The highest BCUT2D eigenvalue weighted by Crippen LogP contribution is 2.66. The predicted octanol–water partition coefficient (Wildman–Crippen LogP) is 5.84. The third-order valence-electron chi connectivity index (χ3n) is 13.8. The number of aliphatic hydroxyl groups is 2. The molecule has 0 saturated carbocycles. The van der Waals surface area contributed by atoms with Crippen molar-refractivity contribution in [1.29, 1.82) is 0 Å². The molecule has 2 N–H and O–H groups in total. The van der Waals surface area contributed by atoms with Crippen molar-refractivity contribution in [3.63, 3.8) is 0 Å². The van der Waals surface area contributed by atoms with Gasteiger partial charge in [-0.15, -0.1) is 0 Å². The van der Waals surface area contributed by atoms with Gasteiger partial charge in [-0.1, -0.05) is 84.6 Å². The monoisotopic (exact) mass is 983 g/mol. The Bertz CT molecular complexity index is 3090. The normalized spacial score (nSPS) is 22.2. The third kappa shape index (κ3) is 8.88. The molecule has 18 heteroatoms. The topological polar surface area (TPSA) is 218 Å². The van der Waals surface area contributed by atoms with E-state index >= 15 is 14.4 Å². The number of anilines is 2. The molecule has 0 bridgehead atoms. The number of carbonyl (C=O) groups is 4. The minimum absolute atomic E-state index is 0.0617. The van der Waals surface area contributed by atoms with Crippen LogP contribution in [0.25, 0.3) is 0 Å². The first kappa shape index (κ1) is 48.1. The van der Waals surface area contributed by atoms with Crippen LogP contribution < -0.4 is 14.5 Å². The summed E-state index contributed by atoms with van der Waals surface area (Å²) >= 11 is 0. The molecule has 370 valence electrons. The Hall–Kier alpha value is -8.50. The van der Waals surface area contributed by atoms with Crippen molar-refractivity contribution in [3.8, 4) is 17.6 Å². The third-order valence-corrected chi connectivity index (χ3v) is 13.8. The molecule has 0 radical (unpaired) electrons. The SMILES string of the molecule is O=C1O[C@H](c2ccccc2)[C@H](c2ccccc2)N2[C@H]1[C@@H](C(=O)N1CCN(c3ncccn3)CC1)[C@]1(C(=O)N(C(=O)OCc3ccc([N+](=O)[O-])cc3)c3ccc(C#CCCO)cc31)[C@H]2c1cccc(OCCO)c1. The highest BCUT2D eigenvalue weighted by molar-refractivity contribution is 6.23. The predicted molar refractivity (Wildman–Crippen MR) is 264 cm³/mol. The second-order valence-corrected chi connectivity index (χ2v) is 17.9. The summed E-state index contributed by atoms with van der Waals surface area (Å²) in [7, 11) is 0. The summed E-state index contributed by atoms with van der Waals surface area (Å²) in [5, 5.41) is 31.0. The van der Waals surface area contributed by atoms with Crippen LogP contribution in [0.2, 0.25) is 0 Å². The van der Waals surface area contributed by atoms with E-state index in [1.54, 1.807) is 65.8 Å². The number of morpholine rings is 1. The van der Waals surface area contributed by atoms with Gasteiger partial charge in [0.15, 0.2) is 0 Å². The van der Waals surface area contributed by atoms with E-state index in [0.717, 1.165) is 4.90 Å². The standard InChI is InChI=1S/C55H49N7O11/c63-30-8-7-11-36-20-23-44-43(33-36)55(52(67)60(44)54(68)72-35-37-18-21-41(22-19-37)62(69)70)45(50(65)58-26-28-59(29-27-58)53-56-24-10-25-57-53)47-51(66)73-48(39-14-5-2-6-15-39)46(38-12-3-1-4-13-38)61(47)49(55)40-16-9-17-42(34-40)71-32-31-64/h1-6,9-10,12-25,33-34,45-49,63-64H,8,26-32,35H2/t45-,46-,47-,48+,49+,55-/m0/s1. The fourth-order valence-electron chi connectivity index (χ4n) is 10.8. The molecule has 18 nitrogen and oxygen atoms in total. The van der Waals surface area contributed by atoms with Gasteiger partial charge < -0.3 is 34.2 Å². The summed E-state index contributed by atoms with van der Waals surface area (Å²) in [6.45, 7) is 0.00227. The molecule has 3 fully saturated rings. The number of carbonyl (C=O) groups excluding carboxylic acids is 4. The number of fused-ring (bicyclic) bond motifs is 3. The highest BCUT2D eigenvalue weighted by atomic mass is 16.6. The molecule has 6 aromatic rings. The van der Waals surface area contributed by atoms with Crippen LogP contribution in [0.4, 0.5) is 22.1 Å². The molecule has 3 amide bonds. The van der Waals surface area contributed by atoms with Gasteiger partial charge in [-0.25, -0.2) is 19.7 Å². The zero-order valence-electron chi connectivity index (χ0n) is 39.3. The van der Waals surface area contributed by atoms with Crippen molar-refractivity contribution in [3.05, 3.63) is 189 Å². The van der Waals surface area contributed by atoms with Gasteiger partial charge in [-0.05, 0) is 76.3 Å². The fraction of sp³-hybridized carbons (Fsp3) is 0.273. The molecule has 4 aliphatic rings. The quantitative estimate of drug-likeness (QED) is 0.0637. The van der Waals surface area contributed by atoms with Crippen molar-refractivity contribution in [2.24, 2.45) is 5.92 Å². The summed E-state index contributed by atoms with van der Waals surface area (Å²) in [6.07, 6.45) is 1.33. The molecule has 5 heterocycles. The molecule has 3 saturated heterocycles. The Kier molecular flexibility index (Phi) is 13.6. The van der Waals surface area contributed by atoms with Crippen LogP contribution in [0.5, 0.6) is 5.75 Å². The van der Waals surface area contributed by atoms with Crippen LogP contribution in [0.15, 0.2) is 146 Å². The smallest absolute Gasteiger partial charge is 0.421 e. The Morgan fingerprint density at radius 3 is 2.18 bits per heavy atom. The number of nitrogens with zero attached hydrogens (tertiary/aromatic N) is 7. The number of piperazine rings is 1. The molecule has 6 atom stereocenters. The van der Waals surface area contributed by atoms with Crippen molar-refractivity contribution in [1.82, 2.24) is 19.8 Å². The molecule has 1 aromatic heterocycles. The van der Waals surface area contributed by atoms with Gasteiger partial charge in [0.05, 0.1) is 41.8 Å². The van der Waals surface area contributed by atoms with Gasteiger partial charge in [0.25, 0.3) is 5.69 Å². The van der Waals surface area contributed by atoms with E-state index in [0.29, 0.717) is 52.6 Å². The molecule has 1 spiro atoms. The average molecular weight is 984 g/mol. The maximum absolute atomic E-state index is 16.7. The number of esters is 1. The van der Waals surface area contributed by atoms with Gasteiger partial charge >= 0.3 is 12.1 Å². The van der Waals surface area contributed by atoms with Crippen LogP contribution in [0.1, 0.15) is 58.0 Å². The van der Waals surface area contributed by atoms with E-state index in [-0.39, 0.29) is 62.9 Å². The first-order chi connectivity index (χ1) is 35.6. The molecule has 10 rings (SSSR count). The Morgan fingerprint density at radius 1 is 0.795 bits per heavy atom. The van der Waals surface area contributed by atoms with Gasteiger partial charge in [0.1, 0.15) is 36.5 Å². The van der Waals surface area contributed by atoms with E-state index in [1.807, 2.05) is 70.5 Å². The van der Waals surface area contributed by atoms with E-state index in [4.69, 9.17) is 14.2 Å². The number of cyclic esters (lactones) is 1. The van der Waals surface area contributed by atoms with E-state index in [1.165, 1.54) is 24.3 Å². The summed E-state index contributed by atoms with van der Waals surface area (Å²) in [5.74, 6) is 3.11. The van der Waals surface area contributed by atoms with Crippen molar-refractivity contribution >= 4 is 41.2 Å². The number of non-ortho nitro benzene ring substituents is 1. The van der Waals surface area contributed by atoms with Gasteiger partial charge in [0.2, 0.25) is 17.8 Å². The van der Waals surface area contributed by atoms with Crippen molar-refractivity contribution in [2.45, 2.75) is 42.7 Å². The maximum Gasteiger partial charge on any atom is 0.421 e. The molecule has 0 aliphatic carbocycles. The lowest BCUT2D eigenvalue weighted by Gasteiger charge is -2.46. The van der Waals surface area contributed by atoms with Crippen LogP contribution in [0, 0.1) is 27.9 Å². The van der Waals surface area contributed by atoms with Crippen LogP contribution in [-0.4, -0.2) is 111 Å². The lowest BCUT2D eigenvalue weighted by molar-refractivity contribution is -0.384. The number of hydrogen-bond acceptors (Lipinski definition) is 15. The van der Waals surface area contributed by atoms with Gasteiger partial charge in [0, 0.05) is 62.7 Å². The van der Waals surface area contributed by atoms with E-state index in [9.17, 15) is 25.1 Å². The summed E-state index contributed by atoms with van der Waals surface area (Å²) in [4.78, 5) is 89.6. The molecule has 4 aliphatic heterocycles. The van der Waals surface area contributed by atoms with Crippen LogP contribution >= 0.6 is 0 Å². The number of imide groups is 1. The largest absolute Gasteiger partial charge is 0.491 e. The van der Waals surface area contributed by atoms with Crippen molar-refractivity contribution < 1.29 is 48.5 Å². The van der Waals surface area contributed by atoms with Gasteiger partial charge in [-0.3, -0.25) is 29.4 Å². The Balaban J connectivity index is 1.21. The minimum Gasteiger partial charge on any atom is -0.491 e. The minimum atomic E-state index is -2.13. The number of benzene rings is 5. The highest BCUT2D eigenvalue weighted by Gasteiger charge is 2.76. The lowest BCUT2D eigenvalue weighted by Crippen LogP contribution is -2.59. The first-order valence-electron chi connectivity index (χ1n) is 23.8. The number of aliphatic hydroxyl groups excluding tert-OH is 2. The zero-order valence-corrected chi connectivity index (χ0v) is 39.3. The molecule has 73 heavy (non-hydrogen) atoms. The van der Waals surface area contributed by atoms with Crippen LogP contribution in [-0.2, 0) is 35.9 Å². The zero-order chi connectivity index (χ0) is 50.6. The average Bonchev–Trinajstić information content (AvgIpc) is 3.89.